The smallest absolute Gasteiger partial charge is 0.278 e. The number of rotatable bonds is 2. The molecule has 0 saturated carbocycles. The lowest BCUT2D eigenvalue weighted by molar-refractivity contribution is 0.102. The molecule has 3 aromatic rings. The summed E-state index contributed by atoms with van der Waals surface area (Å²) in [6.45, 7) is 0. The van der Waals surface area contributed by atoms with Gasteiger partial charge in [0, 0.05) is 0 Å². The number of hydrogen-bond donors (Lipinski definition) is 4. The van der Waals surface area contributed by atoms with Gasteiger partial charge in [0.25, 0.3) is 5.91 Å². The molecule has 19 heavy (non-hydrogen) atoms. The van der Waals surface area contributed by atoms with Crippen LogP contribution in [0.2, 0.25) is 5.15 Å². The van der Waals surface area contributed by atoms with E-state index < -0.39 is 5.91 Å². The molecule has 1 amide bonds. The molecule has 3 aromatic heterocycles. The number of hydrogen-bond acceptors (Lipinski definition) is 6. The number of nitrogens with zero attached hydrogens (tertiary/aromatic N) is 4. The maximum absolute atomic E-state index is 11.9. The number of halogens is 1. The van der Waals surface area contributed by atoms with E-state index in [-0.39, 0.29) is 22.5 Å². The van der Waals surface area contributed by atoms with Crippen molar-refractivity contribution in [3.63, 3.8) is 0 Å². The zero-order chi connectivity index (χ0) is 13.4. The highest BCUT2D eigenvalue weighted by molar-refractivity contribution is 6.33. The number of nitrogens with two attached hydrogens (primary N) is 1. The number of nitrogens with one attached hydrogen (secondary N) is 3. The molecule has 96 valence electrons. The van der Waals surface area contributed by atoms with Crippen LogP contribution in [-0.4, -0.2) is 36.0 Å². The minimum absolute atomic E-state index is 0.0311. The van der Waals surface area contributed by atoms with E-state index in [1.54, 1.807) is 0 Å². The summed E-state index contributed by atoms with van der Waals surface area (Å²) in [4.78, 5) is 26.6. The Bertz CT molecular complexity index is 763. The van der Waals surface area contributed by atoms with Gasteiger partial charge in [0.1, 0.15) is 11.2 Å². The van der Waals surface area contributed by atoms with Crippen LogP contribution in [0.4, 0.5) is 11.6 Å². The number of carbonyl (C=O) groups excluding carboxylic acids is 1. The zero-order valence-corrected chi connectivity index (χ0v) is 10.1. The van der Waals surface area contributed by atoms with Crippen molar-refractivity contribution in [1.82, 2.24) is 30.1 Å². The summed E-state index contributed by atoms with van der Waals surface area (Å²) in [6, 6.07) is 0. The Kier molecular flexibility index (Phi) is 2.53. The molecule has 0 aliphatic carbocycles. The fourth-order valence-corrected chi connectivity index (χ4v) is 1.71. The lowest BCUT2D eigenvalue weighted by Gasteiger charge is -2.03. The third kappa shape index (κ3) is 1.95. The number of fused-ring (bicyclic) bond motifs is 1. The maximum atomic E-state index is 11.9. The first kappa shape index (κ1) is 11.4. The van der Waals surface area contributed by atoms with Gasteiger partial charge in [-0.1, -0.05) is 11.6 Å². The van der Waals surface area contributed by atoms with E-state index in [1.165, 1.54) is 12.5 Å². The number of aromatic nitrogens is 6. The monoisotopic (exact) mass is 278 g/mol. The first-order valence-electron chi connectivity index (χ1n) is 5.12. The summed E-state index contributed by atoms with van der Waals surface area (Å²) >= 11 is 5.92. The highest BCUT2D eigenvalue weighted by Crippen LogP contribution is 2.18. The summed E-state index contributed by atoms with van der Waals surface area (Å²) in [5.41, 5.74) is 6.77. The van der Waals surface area contributed by atoms with Crippen LogP contribution in [0.5, 0.6) is 0 Å². The van der Waals surface area contributed by atoms with Gasteiger partial charge in [-0.25, -0.2) is 4.98 Å². The molecule has 3 rings (SSSR count). The van der Waals surface area contributed by atoms with Gasteiger partial charge in [0.2, 0.25) is 5.95 Å². The van der Waals surface area contributed by atoms with Crippen LogP contribution in [0, 0.1) is 0 Å². The molecule has 0 aromatic carbocycles. The molecule has 0 saturated heterocycles. The number of imidazole rings is 1. The van der Waals surface area contributed by atoms with Crippen LogP contribution < -0.4 is 11.1 Å². The Labute approximate surface area is 110 Å². The number of H-pyrrole nitrogens is 2. The van der Waals surface area contributed by atoms with Gasteiger partial charge < -0.3 is 10.7 Å². The van der Waals surface area contributed by atoms with Gasteiger partial charge in [0.05, 0.1) is 18.2 Å². The molecule has 0 spiro atoms. The van der Waals surface area contributed by atoms with Crippen molar-refractivity contribution >= 4 is 40.3 Å². The SMILES string of the molecule is Nc1cn[nH]c1C(=O)Nc1nc(Cl)c2[nH]cnc2n1. The second-order valence-electron chi connectivity index (χ2n) is 3.59. The topological polar surface area (TPSA) is 138 Å². The highest BCUT2D eigenvalue weighted by atomic mass is 35.5. The Morgan fingerprint density at radius 3 is 3.00 bits per heavy atom. The molecule has 10 heteroatoms. The van der Waals surface area contributed by atoms with Gasteiger partial charge in [-0.15, -0.1) is 0 Å². The van der Waals surface area contributed by atoms with E-state index in [1.807, 2.05) is 0 Å². The van der Waals surface area contributed by atoms with Gasteiger partial charge in [0.15, 0.2) is 10.8 Å². The minimum Gasteiger partial charge on any atom is -0.396 e. The third-order valence-corrected chi connectivity index (χ3v) is 2.64. The number of carbonyl (C=O) groups is 1. The lowest BCUT2D eigenvalue weighted by atomic mass is 10.3. The van der Waals surface area contributed by atoms with Crippen molar-refractivity contribution in [2.75, 3.05) is 11.1 Å². The van der Waals surface area contributed by atoms with Crippen LogP contribution in [0.3, 0.4) is 0 Å². The molecule has 0 aliphatic heterocycles. The molecule has 5 N–H and O–H groups in total. The zero-order valence-electron chi connectivity index (χ0n) is 9.31. The van der Waals surface area contributed by atoms with E-state index in [0.717, 1.165) is 0 Å². The largest absolute Gasteiger partial charge is 0.396 e. The molecule has 0 atom stereocenters. The summed E-state index contributed by atoms with van der Waals surface area (Å²) in [7, 11) is 0. The first-order valence-corrected chi connectivity index (χ1v) is 5.50. The Hall–Kier alpha value is -2.68. The molecule has 0 bridgehead atoms. The predicted molar refractivity (Wildman–Crippen MR) is 67.6 cm³/mol. The fourth-order valence-electron chi connectivity index (χ4n) is 1.50. The van der Waals surface area contributed by atoms with Crippen LogP contribution in [0.25, 0.3) is 11.2 Å². The normalized spacial score (nSPS) is 10.8. The van der Waals surface area contributed by atoms with Crippen LogP contribution in [0.15, 0.2) is 12.5 Å². The average Bonchev–Trinajstić information content (AvgIpc) is 2.97. The van der Waals surface area contributed by atoms with E-state index in [4.69, 9.17) is 17.3 Å². The average molecular weight is 279 g/mol. The van der Waals surface area contributed by atoms with Gasteiger partial charge >= 0.3 is 0 Å². The van der Waals surface area contributed by atoms with E-state index in [9.17, 15) is 4.79 Å². The van der Waals surface area contributed by atoms with Crippen LogP contribution in [0.1, 0.15) is 10.5 Å². The Balaban J connectivity index is 1.93. The molecule has 0 fully saturated rings. The van der Waals surface area contributed by atoms with E-state index in [2.05, 4.69) is 35.5 Å². The molecule has 0 unspecified atom stereocenters. The second-order valence-corrected chi connectivity index (χ2v) is 3.95. The van der Waals surface area contributed by atoms with Gasteiger partial charge in [-0.2, -0.15) is 15.1 Å². The molecule has 9 nitrogen and oxygen atoms in total. The van der Waals surface area contributed by atoms with Gasteiger partial charge in [-0.05, 0) is 0 Å². The number of nitrogen functional groups attached to an aromatic ring is 1. The highest BCUT2D eigenvalue weighted by Gasteiger charge is 2.15. The summed E-state index contributed by atoms with van der Waals surface area (Å²) in [6.07, 6.45) is 2.77. The second kappa shape index (κ2) is 4.21. The fraction of sp³-hybridized carbons (Fsp3) is 0. The van der Waals surface area contributed by atoms with Crippen molar-refractivity contribution in [2.24, 2.45) is 0 Å². The molecule has 0 radical (unpaired) electrons. The molecular formula is C9H7ClN8O. The summed E-state index contributed by atoms with van der Waals surface area (Å²) < 4.78 is 0. The maximum Gasteiger partial charge on any atom is 0.278 e. The summed E-state index contributed by atoms with van der Waals surface area (Å²) in [5.74, 6) is -0.482. The minimum atomic E-state index is -0.513. The number of aromatic amines is 2. The quantitative estimate of drug-likeness (QED) is 0.505. The molecule has 3 heterocycles. The molecular weight excluding hydrogens is 272 g/mol. The molecule has 0 aliphatic rings. The summed E-state index contributed by atoms with van der Waals surface area (Å²) in [5, 5.41) is 8.74. The number of anilines is 2. The van der Waals surface area contributed by atoms with E-state index in [0.29, 0.717) is 11.2 Å². The predicted octanol–water partition coefficient (Wildman–Crippen LogP) is 0.564. The van der Waals surface area contributed by atoms with Crippen molar-refractivity contribution in [3.05, 3.63) is 23.4 Å². The Morgan fingerprint density at radius 2 is 2.26 bits per heavy atom. The van der Waals surface area contributed by atoms with Crippen molar-refractivity contribution in [2.45, 2.75) is 0 Å². The lowest BCUT2D eigenvalue weighted by Crippen LogP contribution is -2.16. The number of amides is 1. The van der Waals surface area contributed by atoms with Crippen LogP contribution >= 0.6 is 11.6 Å². The van der Waals surface area contributed by atoms with Crippen molar-refractivity contribution in [3.8, 4) is 0 Å². The van der Waals surface area contributed by atoms with Gasteiger partial charge in [-0.3, -0.25) is 15.2 Å². The standard InChI is InChI=1S/C9H7ClN8O/c10-6-5-7(13-2-12-5)16-9(15-6)17-8(19)4-3(11)1-14-18-4/h1-2H,11H2,(H,14,18)(H2,12,13,15,16,17,19). The van der Waals surface area contributed by atoms with Crippen LogP contribution in [-0.2, 0) is 0 Å². The first-order chi connectivity index (χ1) is 9.15. The Morgan fingerprint density at radius 1 is 1.42 bits per heavy atom. The van der Waals surface area contributed by atoms with Crippen molar-refractivity contribution in [1.29, 1.82) is 0 Å². The van der Waals surface area contributed by atoms with Crippen molar-refractivity contribution < 1.29 is 4.79 Å². The van der Waals surface area contributed by atoms with E-state index >= 15 is 0 Å². The third-order valence-electron chi connectivity index (χ3n) is 2.36.